The number of rotatable bonds is 6. The fraction of sp³-hybridized carbons (Fsp3) is 0.583. The van der Waals surface area contributed by atoms with Gasteiger partial charge in [-0.3, -0.25) is 19.1 Å². The monoisotopic (exact) mass is 254 g/mol. The van der Waals surface area contributed by atoms with E-state index < -0.39 is 22.9 Å². The van der Waals surface area contributed by atoms with Crippen LogP contribution >= 0.6 is 0 Å². The first kappa shape index (κ1) is 14.2. The molecule has 0 aliphatic carbocycles. The molecule has 0 saturated heterocycles. The number of Topliss-reactive ketones (excluding diaryl/α,β-unsaturated/α-hetero) is 1. The number of unbranched alkanes of at least 4 members (excludes halogenated alkanes) is 3. The van der Waals surface area contributed by atoms with Crippen molar-refractivity contribution in [1.29, 1.82) is 0 Å². The van der Waals surface area contributed by atoms with Gasteiger partial charge in [0.2, 0.25) is 5.88 Å². The molecule has 0 aliphatic rings. The van der Waals surface area contributed by atoms with Crippen molar-refractivity contribution in [3.8, 4) is 5.88 Å². The summed E-state index contributed by atoms with van der Waals surface area (Å²) in [5, 5.41) is 9.80. The maximum Gasteiger partial charge on any atom is 0.331 e. The highest BCUT2D eigenvalue weighted by molar-refractivity contribution is 5.95. The maximum absolute atomic E-state index is 11.5. The van der Waals surface area contributed by atoms with E-state index in [0.717, 1.165) is 23.8 Å². The normalized spacial score (nSPS) is 10.6. The van der Waals surface area contributed by atoms with Crippen molar-refractivity contribution < 1.29 is 9.90 Å². The number of hydrogen-bond acceptors (Lipinski definition) is 4. The van der Waals surface area contributed by atoms with E-state index in [0.29, 0.717) is 13.0 Å². The van der Waals surface area contributed by atoms with Gasteiger partial charge in [-0.1, -0.05) is 26.2 Å². The van der Waals surface area contributed by atoms with E-state index in [-0.39, 0.29) is 5.56 Å². The van der Waals surface area contributed by atoms with Gasteiger partial charge in [-0.05, 0) is 13.3 Å². The number of H-pyrrole nitrogens is 1. The van der Waals surface area contributed by atoms with Crippen LogP contribution in [0, 0.1) is 0 Å². The Morgan fingerprint density at radius 3 is 2.50 bits per heavy atom. The van der Waals surface area contributed by atoms with Crippen LogP contribution in [0.5, 0.6) is 5.88 Å². The van der Waals surface area contributed by atoms with E-state index in [1.807, 2.05) is 4.98 Å². The van der Waals surface area contributed by atoms with Crippen LogP contribution < -0.4 is 11.2 Å². The molecule has 0 bridgehead atoms. The van der Waals surface area contributed by atoms with E-state index in [1.165, 1.54) is 6.92 Å². The van der Waals surface area contributed by atoms with Crippen LogP contribution in [0.15, 0.2) is 9.59 Å². The molecule has 6 heteroatoms. The van der Waals surface area contributed by atoms with Gasteiger partial charge < -0.3 is 5.11 Å². The quantitative estimate of drug-likeness (QED) is 0.585. The molecular formula is C12H18N2O4. The molecule has 6 nitrogen and oxygen atoms in total. The zero-order valence-electron chi connectivity index (χ0n) is 10.7. The number of carbonyl (C=O) groups excluding carboxylic acids is 1. The molecule has 100 valence electrons. The fourth-order valence-corrected chi connectivity index (χ4v) is 1.78. The summed E-state index contributed by atoms with van der Waals surface area (Å²) >= 11 is 0. The van der Waals surface area contributed by atoms with Gasteiger partial charge in [0.05, 0.1) is 0 Å². The zero-order chi connectivity index (χ0) is 13.7. The van der Waals surface area contributed by atoms with E-state index in [4.69, 9.17) is 0 Å². The minimum Gasteiger partial charge on any atom is -0.494 e. The number of nitrogens with zero attached hydrogens (tertiary/aromatic N) is 1. The Bertz CT molecular complexity index is 542. The van der Waals surface area contributed by atoms with E-state index in [9.17, 15) is 19.5 Å². The summed E-state index contributed by atoms with van der Waals surface area (Å²) in [4.78, 5) is 36.2. The van der Waals surface area contributed by atoms with Crippen molar-refractivity contribution >= 4 is 5.78 Å². The third-order valence-electron chi connectivity index (χ3n) is 2.76. The van der Waals surface area contributed by atoms with Gasteiger partial charge in [-0.15, -0.1) is 0 Å². The average Bonchev–Trinajstić information content (AvgIpc) is 2.26. The van der Waals surface area contributed by atoms with Gasteiger partial charge in [0.1, 0.15) is 5.56 Å². The minimum absolute atomic E-state index is 0.293. The predicted molar refractivity (Wildman–Crippen MR) is 67.1 cm³/mol. The molecular weight excluding hydrogens is 236 g/mol. The topological polar surface area (TPSA) is 92.2 Å². The minimum atomic E-state index is -0.838. The van der Waals surface area contributed by atoms with Crippen molar-refractivity contribution in [2.75, 3.05) is 0 Å². The summed E-state index contributed by atoms with van der Waals surface area (Å²) in [6.07, 6.45) is 3.74. The predicted octanol–water partition coefficient (Wildman–Crippen LogP) is 1.03. The Hall–Kier alpha value is -1.85. The lowest BCUT2D eigenvalue weighted by Gasteiger charge is -2.09. The molecule has 0 saturated carbocycles. The molecule has 0 radical (unpaired) electrons. The molecule has 0 aliphatic heterocycles. The molecule has 0 unspecified atom stereocenters. The van der Waals surface area contributed by atoms with Crippen molar-refractivity contribution in [3.63, 3.8) is 0 Å². The first-order valence-electron chi connectivity index (χ1n) is 6.06. The second-order valence-electron chi connectivity index (χ2n) is 4.23. The van der Waals surface area contributed by atoms with Crippen LogP contribution in [0.4, 0.5) is 0 Å². The lowest BCUT2D eigenvalue weighted by molar-refractivity contribution is 0.101. The molecule has 0 spiro atoms. The van der Waals surface area contributed by atoms with Gasteiger partial charge in [0.15, 0.2) is 5.78 Å². The smallest absolute Gasteiger partial charge is 0.331 e. The Morgan fingerprint density at radius 1 is 1.28 bits per heavy atom. The number of carbonyl (C=O) groups is 1. The molecule has 1 heterocycles. The number of aromatic amines is 1. The van der Waals surface area contributed by atoms with Gasteiger partial charge in [0.25, 0.3) is 5.56 Å². The molecule has 0 atom stereocenters. The lowest BCUT2D eigenvalue weighted by atomic mass is 10.2. The first-order valence-corrected chi connectivity index (χ1v) is 6.06. The largest absolute Gasteiger partial charge is 0.494 e. The van der Waals surface area contributed by atoms with Crippen LogP contribution in [0.1, 0.15) is 49.9 Å². The highest BCUT2D eigenvalue weighted by Crippen LogP contribution is 2.12. The average molecular weight is 254 g/mol. The van der Waals surface area contributed by atoms with Crippen LogP contribution in [0.3, 0.4) is 0 Å². The zero-order valence-corrected chi connectivity index (χ0v) is 10.7. The Morgan fingerprint density at radius 2 is 1.94 bits per heavy atom. The van der Waals surface area contributed by atoms with Gasteiger partial charge >= 0.3 is 5.69 Å². The van der Waals surface area contributed by atoms with Crippen molar-refractivity contribution in [3.05, 3.63) is 26.4 Å². The number of hydrogen-bond donors (Lipinski definition) is 2. The summed E-state index contributed by atoms with van der Waals surface area (Å²) in [6.45, 7) is 3.54. The molecule has 18 heavy (non-hydrogen) atoms. The van der Waals surface area contributed by atoms with Gasteiger partial charge in [0, 0.05) is 6.54 Å². The van der Waals surface area contributed by atoms with E-state index in [2.05, 4.69) is 6.92 Å². The highest BCUT2D eigenvalue weighted by atomic mass is 16.3. The van der Waals surface area contributed by atoms with Crippen molar-refractivity contribution in [2.45, 2.75) is 46.1 Å². The lowest BCUT2D eigenvalue weighted by Crippen LogP contribution is -2.33. The third-order valence-corrected chi connectivity index (χ3v) is 2.76. The molecule has 2 N–H and O–H groups in total. The molecule has 1 rings (SSSR count). The second-order valence-corrected chi connectivity index (χ2v) is 4.23. The fourth-order valence-electron chi connectivity index (χ4n) is 1.78. The van der Waals surface area contributed by atoms with Crippen molar-refractivity contribution in [1.82, 2.24) is 9.55 Å². The third kappa shape index (κ3) is 3.09. The number of aromatic nitrogens is 2. The first-order chi connectivity index (χ1) is 8.49. The molecule has 0 aromatic carbocycles. The summed E-state index contributed by atoms with van der Waals surface area (Å²) in [5.41, 5.74) is -1.88. The summed E-state index contributed by atoms with van der Waals surface area (Å²) in [5.74, 6) is -1.09. The standard InChI is InChI=1S/C12H18N2O4/c1-3-4-5-6-7-14-11(17)9(8(2)15)10(16)13-12(14)18/h17H,3-7H2,1-2H3,(H,13,16,18). The number of ketones is 1. The van der Waals surface area contributed by atoms with Crippen LogP contribution in [-0.4, -0.2) is 20.4 Å². The Labute approximate surface area is 104 Å². The number of aromatic hydroxyl groups is 1. The molecule has 1 aromatic rings. The summed E-state index contributed by atoms with van der Waals surface area (Å²) in [6, 6.07) is 0. The SMILES string of the molecule is CCCCCCn1c(O)c(C(C)=O)c(=O)[nH]c1=O. The van der Waals surface area contributed by atoms with E-state index >= 15 is 0 Å². The Balaban J connectivity index is 3.05. The highest BCUT2D eigenvalue weighted by Gasteiger charge is 2.17. The maximum atomic E-state index is 11.5. The molecule has 1 aromatic heterocycles. The van der Waals surface area contributed by atoms with Crippen LogP contribution in [-0.2, 0) is 6.54 Å². The molecule has 0 fully saturated rings. The Kier molecular flexibility index (Phi) is 4.88. The second kappa shape index (κ2) is 6.18. The van der Waals surface area contributed by atoms with Crippen molar-refractivity contribution in [2.24, 2.45) is 0 Å². The van der Waals surface area contributed by atoms with E-state index in [1.54, 1.807) is 0 Å². The molecule has 0 amide bonds. The van der Waals surface area contributed by atoms with Gasteiger partial charge in [-0.25, -0.2) is 4.79 Å². The summed E-state index contributed by atoms with van der Waals surface area (Å²) < 4.78 is 1.04. The number of nitrogens with one attached hydrogen (secondary N) is 1. The van der Waals surface area contributed by atoms with Gasteiger partial charge in [-0.2, -0.15) is 0 Å². The van der Waals surface area contributed by atoms with Crippen LogP contribution in [0.25, 0.3) is 0 Å². The summed E-state index contributed by atoms with van der Waals surface area (Å²) in [7, 11) is 0. The van der Waals surface area contributed by atoms with Crippen LogP contribution in [0.2, 0.25) is 0 Å².